The molecule has 10 heteroatoms. The van der Waals surface area contributed by atoms with E-state index in [1.807, 2.05) is 0 Å². The molecule has 0 aromatic heterocycles. The van der Waals surface area contributed by atoms with Gasteiger partial charge in [0.25, 0.3) is 0 Å². The van der Waals surface area contributed by atoms with Crippen molar-refractivity contribution in [3.63, 3.8) is 0 Å². The van der Waals surface area contributed by atoms with E-state index in [0.29, 0.717) is 0 Å². The second-order valence-corrected chi connectivity index (χ2v) is 5.98. The van der Waals surface area contributed by atoms with Crippen LogP contribution < -0.4 is 22.9 Å². The fraction of sp³-hybridized carbons (Fsp3) is 1.00. The van der Waals surface area contributed by atoms with Gasteiger partial charge in [0.15, 0.2) is 6.29 Å². The van der Waals surface area contributed by atoms with E-state index < -0.39 is 61.0 Å². The molecule has 0 aromatic rings. The summed E-state index contributed by atoms with van der Waals surface area (Å²) in [6.07, 6.45) is -7.73. The second kappa shape index (κ2) is 7.01. The Labute approximate surface area is 128 Å². The normalized spacial score (nSPS) is 53.5. The highest BCUT2D eigenvalue weighted by Crippen LogP contribution is 2.26. The first-order valence-electron chi connectivity index (χ1n) is 7.28. The SMILES string of the molecule is NC[C@H]1OC(O[C@@H]2C(N)CC(N)[C@H](O)[C@H]2O)[C@@H](N)[C@H](O)[C@H]1O. The Hall–Kier alpha value is -0.400. The van der Waals surface area contributed by atoms with Gasteiger partial charge < -0.3 is 52.8 Å². The average molecular weight is 322 g/mol. The minimum Gasteiger partial charge on any atom is -0.389 e. The average Bonchev–Trinajstić information content (AvgIpc) is 2.49. The van der Waals surface area contributed by atoms with Crippen LogP contribution in [0.5, 0.6) is 0 Å². The number of nitrogens with two attached hydrogens (primary N) is 4. The lowest BCUT2D eigenvalue weighted by molar-refractivity contribution is -0.287. The van der Waals surface area contributed by atoms with Crippen molar-refractivity contribution in [2.24, 2.45) is 22.9 Å². The summed E-state index contributed by atoms with van der Waals surface area (Å²) in [6, 6.07) is -2.34. The molecule has 10 nitrogen and oxygen atoms in total. The van der Waals surface area contributed by atoms with E-state index in [9.17, 15) is 20.4 Å². The molecule has 0 bridgehead atoms. The van der Waals surface area contributed by atoms with Crippen LogP contribution in [0.15, 0.2) is 0 Å². The van der Waals surface area contributed by atoms with E-state index in [0.717, 1.165) is 0 Å². The molecule has 0 amide bonds. The maximum Gasteiger partial charge on any atom is 0.176 e. The Morgan fingerprint density at radius 3 is 2.14 bits per heavy atom. The Kier molecular flexibility index (Phi) is 5.72. The molecule has 1 aliphatic heterocycles. The predicted molar refractivity (Wildman–Crippen MR) is 75.2 cm³/mol. The maximum atomic E-state index is 10.1. The predicted octanol–water partition coefficient (Wildman–Crippen LogP) is -5.12. The van der Waals surface area contributed by atoms with Crippen LogP contribution in [0.25, 0.3) is 0 Å². The van der Waals surface area contributed by atoms with Crippen LogP contribution in [0.4, 0.5) is 0 Å². The third kappa shape index (κ3) is 3.26. The van der Waals surface area contributed by atoms with Crippen molar-refractivity contribution < 1.29 is 29.9 Å². The first-order chi connectivity index (χ1) is 10.3. The summed E-state index contributed by atoms with van der Waals surface area (Å²) in [5.41, 5.74) is 22.8. The summed E-state index contributed by atoms with van der Waals surface area (Å²) in [4.78, 5) is 0. The van der Waals surface area contributed by atoms with Crippen LogP contribution in [-0.2, 0) is 9.47 Å². The standard InChI is InChI=1S/C12H26N4O6/c13-2-5-8(18)9(19)6(16)12(21-5)22-11-4(15)1-3(14)7(17)10(11)20/h3-12,17-20H,1-2,13-16H2/t3?,4?,5-,6+,7+,8+,9+,10-,11-,12?/m1/s1. The van der Waals surface area contributed by atoms with Crippen LogP contribution >= 0.6 is 0 Å². The van der Waals surface area contributed by atoms with E-state index in [2.05, 4.69) is 0 Å². The molecular formula is C12H26N4O6. The Bertz CT molecular complexity index is 376. The maximum absolute atomic E-state index is 10.1. The number of aliphatic hydroxyl groups excluding tert-OH is 4. The third-order valence-electron chi connectivity index (χ3n) is 4.36. The van der Waals surface area contributed by atoms with Crippen LogP contribution in [0.1, 0.15) is 6.42 Å². The van der Waals surface area contributed by atoms with E-state index in [1.54, 1.807) is 0 Å². The summed E-state index contributed by atoms with van der Waals surface area (Å²) < 4.78 is 11.0. The molecule has 12 N–H and O–H groups in total. The van der Waals surface area contributed by atoms with Gasteiger partial charge >= 0.3 is 0 Å². The first-order valence-corrected chi connectivity index (χ1v) is 7.28. The highest BCUT2D eigenvalue weighted by atomic mass is 16.7. The van der Waals surface area contributed by atoms with Crippen molar-refractivity contribution in [3.05, 3.63) is 0 Å². The van der Waals surface area contributed by atoms with E-state index in [1.165, 1.54) is 0 Å². The molecule has 0 spiro atoms. The molecule has 2 aliphatic rings. The summed E-state index contributed by atoms with van der Waals surface area (Å²) in [5, 5.41) is 39.6. The number of hydrogen-bond donors (Lipinski definition) is 8. The molecule has 0 radical (unpaired) electrons. The third-order valence-corrected chi connectivity index (χ3v) is 4.36. The van der Waals surface area contributed by atoms with Crippen molar-refractivity contribution in [1.29, 1.82) is 0 Å². The van der Waals surface area contributed by atoms with Gasteiger partial charge in [0.05, 0.1) is 12.1 Å². The van der Waals surface area contributed by atoms with Gasteiger partial charge in [-0.05, 0) is 6.42 Å². The fourth-order valence-corrected chi connectivity index (χ4v) is 2.89. The largest absolute Gasteiger partial charge is 0.389 e. The van der Waals surface area contributed by atoms with E-state index in [4.69, 9.17) is 32.4 Å². The molecule has 1 saturated heterocycles. The molecule has 1 saturated carbocycles. The van der Waals surface area contributed by atoms with E-state index >= 15 is 0 Å². The zero-order valence-electron chi connectivity index (χ0n) is 12.1. The summed E-state index contributed by atoms with van der Waals surface area (Å²) in [6.45, 7) is -0.0441. The van der Waals surface area contributed by atoms with Gasteiger partial charge in [-0.3, -0.25) is 0 Å². The summed E-state index contributed by atoms with van der Waals surface area (Å²) in [5.74, 6) is 0. The van der Waals surface area contributed by atoms with Crippen molar-refractivity contribution in [1.82, 2.24) is 0 Å². The Morgan fingerprint density at radius 1 is 0.909 bits per heavy atom. The number of ether oxygens (including phenoxy) is 2. The highest BCUT2D eigenvalue weighted by molar-refractivity contribution is 4.99. The Balaban J connectivity index is 2.08. The molecule has 130 valence electrons. The van der Waals surface area contributed by atoms with Gasteiger partial charge in [-0.25, -0.2) is 0 Å². The van der Waals surface area contributed by atoms with Crippen LogP contribution in [0.3, 0.4) is 0 Å². The fourth-order valence-electron chi connectivity index (χ4n) is 2.89. The number of aliphatic hydroxyl groups is 4. The summed E-state index contributed by atoms with van der Waals surface area (Å²) >= 11 is 0. The summed E-state index contributed by atoms with van der Waals surface area (Å²) in [7, 11) is 0. The number of rotatable bonds is 3. The molecule has 0 aromatic carbocycles. The molecule has 10 atom stereocenters. The lowest BCUT2D eigenvalue weighted by Crippen LogP contribution is -2.67. The molecule has 1 aliphatic carbocycles. The Morgan fingerprint density at radius 2 is 1.55 bits per heavy atom. The zero-order chi connectivity index (χ0) is 16.6. The highest BCUT2D eigenvalue weighted by Gasteiger charge is 2.47. The van der Waals surface area contributed by atoms with Gasteiger partial charge in [0.2, 0.25) is 0 Å². The monoisotopic (exact) mass is 322 g/mol. The van der Waals surface area contributed by atoms with Gasteiger partial charge in [-0.2, -0.15) is 0 Å². The lowest BCUT2D eigenvalue weighted by Gasteiger charge is -2.45. The van der Waals surface area contributed by atoms with Gasteiger partial charge in [0, 0.05) is 18.6 Å². The minimum atomic E-state index is -1.31. The van der Waals surface area contributed by atoms with Crippen molar-refractivity contribution in [2.75, 3.05) is 6.54 Å². The molecule has 22 heavy (non-hydrogen) atoms. The van der Waals surface area contributed by atoms with Gasteiger partial charge in [0.1, 0.15) is 30.5 Å². The molecule has 2 fully saturated rings. The van der Waals surface area contributed by atoms with Crippen molar-refractivity contribution in [2.45, 2.75) is 67.5 Å². The topological polar surface area (TPSA) is 203 Å². The molecular weight excluding hydrogens is 296 g/mol. The second-order valence-electron chi connectivity index (χ2n) is 5.98. The smallest absolute Gasteiger partial charge is 0.176 e. The zero-order valence-corrected chi connectivity index (χ0v) is 12.1. The molecule has 3 unspecified atom stereocenters. The van der Waals surface area contributed by atoms with Crippen molar-refractivity contribution in [3.8, 4) is 0 Å². The molecule has 1 heterocycles. The lowest BCUT2D eigenvalue weighted by atomic mass is 9.84. The number of hydrogen-bond acceptors (Lipinski definition) is 10. The van der Waals surface area contributed by atoms with E-state index in [-0.39, 0.29) is 13.0 Å². The van der Waals surface area contributed by atoms with Crippen molar-refractivity contribution >= 4 is 0 Å². The van der Waals surface area contributed by atoms with Crippen LogP contribution in [-0.4, -0.2) is 88.0 Å². The van der Waals surface area contributed by atoms with Gasteiger partial charge in [-0.15, -0.1) is 0 Å². The molecule has 2 rings (SSSR count). The van der Waals surface area contributed by atoms with Gasteiger partial charge in [-0.1, -0.05) is 0 Å². The minimum absolute atomic E-state index is 0.0441. The quantitative estimate of drug-likeness (QED) is 0.248. The first kappa shape index (κ1) is 17.9. The van der Waals surface area contributed by atoms with Crippen LogP contribution in [0, 0.1) is 0 Å². The van der Waals surface area contributed by atoms with Crippen LogP contribution in [0.2, 0.25) is 0 Å².